The zero-order valence-corrected chi connectivity index (χ0v) is 12.9. The molecule has 0 radical (unpaired) electrons. The minimum absolute atomic E-state index is 0.0293. The van der Waals surface area contributed by atoms with Crippen LogP contribution in [0.2, 0.25) is 0 Å². The van der Waals surface area contributed by atoms with Gasteiger partial charge in [0, 0.05) is 25.4 Å². The molecular weight excluding hydrogens is 278 g/mol. The smallest absolute Gasteiger partial charge is 0.323 e. The second-order valence-electron chi connectivity index (χ2n) is 6.66. The van der Waals surface area contributed by atoms with Gasteiger partial charge in [0.2, 0.25) is 0 Å². The molecule has 1 aliphatic carbocycles. The molecule has 1 N–H and O–H groups in total. The van der Waals surface area contributed by atoms with Crippen molar-refractivity contribution in [3.05, 3.63) is 24.0 Å². The number of urea groups is 1. The number of carbonyl (C=O) groups excluding carboxylic acids is 1. The van der Waals surface area contributed by atoms with E-state index in [1.54, 1.807) is 16.8 Å². The SMILES string of the molecule is Cc1cc2nccc(NC(=O)N3CCCC4(CC3)CC4)n2n1. The van der Waals surface area contributed by atoms with Gasteiger partial charge in [0.25, 0.3) is 0 Å². The molecule has 1 aliphatic heterocycles. The van der Waals surface area contributed by atoms with Crippen molar-refractivity contribution in [3.63, 3.8) is 0 Å². The van der Waals surface area contributed by atoms with Crippen molar-refractivity contribution in [1.82, 2.24) is 19.5 Å². The molecule has 6 heteroatoms. The van der Waals surface area contributed by atoms with Crippen LogP contribution in [0.25, 0.3) is 5.65 Å². The average Bonchev–Trinajstić information content (AvgIpc) is 3.21. The van der Waals surface area contributed by atoms with Crippen LogP contribution in [-0.2, 0) is 0 Å². The largest absolute Gasteiger partial charge is 0.324 e. The van der Waals surface area contributed by atoms with E-state index in [0.717, 1.165) is 37.3 Å². The van der Waals surface area contributed by atoms with Crippen molar-refractivity contribution >= 4 is 17.5 Å². The maximum atomic E-state index is 12.6. The lowest BCUT2D eigenvalue weighted by molar-refractivity contribution is 0.212. The Hall–Kier alpha value is -2.11. The van der Waals surface area contributed by atoms with Gasteiger partial charge in [-0.3, -0.25) is 5.32 Å². The molecule has 1 saturated carbocycles. The highest BCUT2D eigenvalue weighted by Crippen LogP contribution is 2.53. The Balaban J connectivity index is 1.50. The van der Waals surface area contributed by atoms with Gasteiger partial charge in [-0.2, -0.15) is 9.61 Å². The summed E-state index contributed by atoms with van der Waals surface area (Å²) in [7, 11) is 0. The molecule has 2 aromatic heterocycles. The van der Waals surface area contributed by atoms with Gasteiger partial charge in [-0.1, -0.05) is 0 Å². The quantitative estimate of drug-likeness (QED) is 0.880. The number of rotatable bonds is 1. The zero-order chi connectivity index (χ0) is 15.2. The molecule has 22 heavy (non-hydrogen) atoms. The summed E-state index contributed by atoms with van der Waals surface area (Å²) in [4.78, 5) is 18.8. The molecule has 0 aromatic carbocycles. The third-order valence-corrected chi connectivity index (χ3v) is 5.01. The predicted octanol–water partition coefficient (Wildman–Crippen LogP) is 2.84. The fourth-order valence-electron chi connectivity index (χ4n) is 3.43. The van der Waals surface area contributed by atoms with Crippen molar-refractivity contribution in [2.24, 2.45) is 5.41 Å². The molecule has 1 spiro atoms. The van der Waals surface area contributed by atoms with E-state index in [2.05, 4.69) is 15.4 Å². The van der Waals surface area contributed by atoms with E-state index in [1.165, 1.54) is 19.3 Å². The van der Waals surface area contributed by atoms with Crippen molar-refractivity contribution in [1.29, 1.82) is 0 Å². The Kier molecular flexibility index (Phi) is 3.06. The average molecular weight is 299 g/mol. The standard InChI is InChI=1S/C16H21N5O/c1-12-11-14-17-8-3-13(21(14)19-12)18-15(22)20-9-2-4-16(5-6-16)7-10-20/h3,8,11H,2,4-7,9-10H2,1H3,(H,18,22). The van der Waals surface area contributed by atoms with Crippen LogP contribution >= 0.6 is 0 Å². The molecule has 2 amide bonds. The van der Waals surface area contributed by atoms with Crippen molar-refractivity contribution in [2.45, 2.75) is 39.0 Å². The maximum Gasteiger partial charge on any atom is 0.323 e. The first kappa shape index (κ1) is 13.5. The summed E-state index contributed by atoms with van der Waals surface area (Å²) in [5, 5.41) is 7.37. The number of anilines is 1. The van der Waals surface area contributed by atoms with E-state index in [9.17, 15) is 4.79 Å². The van der Waals surface area contributed by atoms with Crippen LogP contribution in [-0.4, -0.2) is 38.6 Å². The second-order valence-corrected chi connectivity index (χ2v) is 6.66. The van der Waals surface area contributed by atoms with Crippen LogP contribution in [0.1, 0.15) is 37.8 Å². The van der Waals surface area contributed by atoms with Gasteiger partial charge in [0.05, 0.1) is 5.69 Å². The van der Waals surface area contributed by atoms with E-state index in [4.69, 9.17) is 0 Å². The van der Waals surface area contributed by atoms with Gasteiger partial charge >= 0.3 is 6.03 Å². The number of amides is 2. The second kappa shape index (κ2) is 4.97. The Bertz CT molecular complexity index is 718. The van der Waals surface area contributed by atoms with Gasteiger partial charge in [0.15, 0.2) is 5.65 Å². The van der Waals surface area contributed by atoms with Crippen LogP contribution in [0.5, 0.6) is 0 Å². The minimum atomic E-state index is -0.0293. The topological polar surface area (TPSA) is 62.5 Å². The molecule has 0 atom stereocenters. The number of aryl methyl sites for hydroxylation is 1. The highest BCUT2D eigenvalue weighted by atomic mass is 16.2. The molecule has 6 nitrogen and oxygen atoms in total. The lowest BCUT2D eigenvalue weighted by Crippen LogP contribution is -2.36. The van der Waals surface area contributed by atoms with Crippen LogP contribution in [0.4, 0.5) is 10.6 Å². The van der Waals surface area contributed by atoms with Crippen molar-refractivity contribution < 1.29 is 4.79 Å². The summed E-state index contributed by atoms with van der Waals surface area (Å²) < 4.78 is 1.69. The summed E-state index contributed by atoms with van der Waals surface area (Å²) in [5.41, 5.74) is 2.21. The van der Waals surface area contributed by atoms with Crippen molar-refractivity contribution in [2.75, 3.05) is 18.4 Å². The molecule has 2 fully saturated rings. The molecule has 2 aromatic rings. The van der Waals surface area contributed by atoms with Crippen LogP contribution in [0.15, 0.2) is 18.3 Å². The maximum absolute atomic E-state index is 12.6. The zero-order valence-electron chi connectivity index (χ0n) is 12.9. The third kappa shape index (κ3) is 2.42. The molecule has 0 bridgehead atoms. The molecule has 3 heterocycles. The van der Waals surface area contributed by atoms with Crippen LogP contribution < -0.4 is 5.32 Å². The summed E-state index contributed by atoms with van der Waals surface area (Å²) in [5.74, 6) is 0.675. The monoisotopic (exact) mass is 299 g/mol. The fraction of sp³-hybridized carbons (Fsp3) is 0.562. The van der Waals surface area contributed by atoms with Crippen LogP contribution in [0, 0.1) is 12.3 Å². The first-order chi connectivity index (χ1) is 10.7. The first-order valence-electron chi connectivity index (χ1n) is 8.03. The summed E-state index contributed by atoms with van der Waals surface area (Å²) in [6, 6.07) is 3.66. The normalized spacial score (nSPS) is 20.1. The summed E-state index contributed by atoms with van der Waals surface area (Å²) >= 11 is 0. The number of nitrogens with one attached hydrogen (secondary N) is 1. The van der Waals surface area contributed by atoms with E-state index in [-0.39, 0.29) is 6.03 Å². The molecule has 4 rings (SSSR count). The van der Waals surface area contributed by atoms with Gasteiger partial charge < -0.3 is 4.90 Å². The first-order valence-corrected chi connectivity index (χ1v) is 8.03. The van der Waals surface area contributed by atoms with Gasteiger partial charge in [-0.15, -0.1) is 0 Å². The highest BCUT2D eigenvalue weighted by Gasteiger charge is 2.43. The molecule has 2 aliphatic rings. The van der Waals surface area contributed by atoms with Crippen molar-refractivity contribution in [3.8, 4) is 0 Å². The number of hydrogen-bond acceptors (Lipinski definition) is 3. The number of fused-ring (bicyclic) bond motifs is 1. The molecular formula is C16H21N5O. The molecule has 1 saturated heterocycles. The number of carbonyl (C=O) groups is 1. The summed E-state index contributed by atoms with van der Waals surface area (Å²) in [6.45, 7) is 3.63. The number of hydrogen-bond donors (Lipinski definition) is 1. The molecule has 116 valence electrons. The van der Waals surface area contributed by atoms with Gasteiger partial charge in [-0.25, -0.2) is 9.78 Å². The number of nitrogens with zero attached hydrogens (tertiary/aromatic N) is 4. The van der Waals surface area contributed by atoms with Gasteiger partial charge in [0.1, 0.15) is 5.82 Å². The Labute approximate surface area is 129 Å². The van der Waals surface area contributed by atoms with E-state index in [1.807, 2.05) is 17.9 Å². The molecule has 0 unspecified atom stereocenters. The Morgan fingerprint density at radius 2 is 2.14 bits per heavy atom. The van der Waals surface area contributed by atoms with E-state index < -0.39 is 0 Å². The van der Waals surface area contributed by atoms with E-state index >= 15 is 0 Å². The third-order valence-electron chi connectivity index (χ3n) is 5.01. The lowest BCUT2D eigenvalue weighted by atomic mass is 9.98. The fourth-order valence-corrected chi connectivity index (χ4v) is 3.43. The Morgan fingerprint density at radius 3 is 2.95 bits per heavy atom. The number of likely N-dealkylation sites (tertiary alicyclic amines) is 1. The highest BCUT2D eigenvalue weighted by molar-refractivity contribution is 5.88. The Morgan fingerprint density at radius 1 is 1.27 bits per heavy atom. The van der Waals surface area contributed by atoms with Crippen LogP contribution in [0.3, 0.4) is 0 Å². The van der Waals surface area contributed by atoms with Gasteiger partial charge in [-0.05, 0) is 50.5 Å². The summed E-state index contributed by atoms with van der Waals surface area (Å²) in [6.07, 6.45) is 7.93. The minimum Gasteiger partial charge on any atom is -0.324 e. The lowest BCUT2D eigenvalue weighted by Gasteiger charge is -2.21. The number of aromatic nitrogens is 3. The predicted molar refractivity (Wildman–Crippen MR) is 83.8 cm³/mol. The van der Waals surface area contributed by atoms with E-state index in [0.29, 0.717) is 11.2 Å².